The lowest BCUT2D eigenvalue weighted by molar-refractivity contribution is -0.385. The first-order valence-electron chi connectivity index (χ1n) is 11.0. The van der Waals surface area contributed by atoms with E-state index in [1.54, 1.807) is 0 Å². The number of hydrogen-bond acceptors (Lipinski definition) is 6. The average molecular weight is 532 g/mol. The monoisotopic (exact) mass is 531 g/mol. The average Bonchev–Trinajstić information content (AvgIpc) is 2.83. The molecule has 0 saturated heterocycles. The van der Waals surface area contributed by atoms with Crippen LogP contribution in [-0.4, -0.2) is 32.9 Å². The van der Waals surface area contributed by atoms with Gasteiger partial charge >= 0.3 is 0 Å². The van der Waals surface area contributed by atoms with E-state index in [0.29, 0.717) is 17.7 Å². The van der Waals surface area contributed by atoms with E-state index in [9.17, 15) is 23.3 Å². The van der Waals surface area contributed by atoms with Crippen molar-refractivity contribution >= 4 is 44.6 Å². The normalized spacial score (nSPS) is 11.1. The summed E-state index contributed by atoms with van der Waals surface area (Å²) in [5.41, 5.74) is 2.29. The molecule has 0 aromatic heterocycles. The topological polar surface area (TPSA) is 119 Å². The zero-order chi connectivity index (χ0) is 26.6. The summed E-state index contributed by atoms with van der Waals surface area (Å²) in [6.45, 7) is 4.67. The van der Waals surface area contributed by atoms with Crippen molar-refractivity contribution in [3.63, 3.8) is 0 Å². The van der Waals surface area contributed by atoms with Gasteiger partial charge in [-0.3, -0.25) is 19.2 Å². The molecule has 0 aliphatic carbocycles. The number of nitrogens with zero attached hydrogens (tertiary/aromatic N) is 2. The number of halogens is 1. The highest BCUT2D eigenvalue weighted by Gasteiger charge is 2.31. The zero-order valence-electron chi connectivity index (χ0n) is 20.2. The summed E-state index contributed by atoms with van der Waals surface area (Å²) < 4.78 is 33.8. The summed E-state index contributed by atoms with van der Waals surface area (Å²) in [6.07, 6.45) is 0.661. The molecule has 0 saturated carbocycles. The number of aryl methyl sites for hydroxylation is 3. The first-order chi connectivity index (χ1) is 17.0. The van der Waals surface area contributed by atoms with Gasteiger partial charge in [-0.05, 0) is 55.7 Å². The zero-order valence-corrected chi connectivity index (χ0v) is 21.8. The van der Waals surface area contributed by atoms with Gasteiger partial charge in [0.15, 0.2) is 0 Å². The van der Waals surface area contributed by atoms with Gasteiger partial charge in [-0.15, -0.1) is 0 Å². The second-order valence-electron chi connectivity index (χ2n) is 8.04. The van der Waals surface area contributed by atoms with E-state index in [0.717, 1.165) is 21.5 Å². The van der Waals surface area contributed by atoms with Gasteiger partial charge in [-0.1, -0.05) is 42.8 Å². The number of nitro groups is 1. The molecule has 0 aliphatic rings. The van der Waals surface area contributed by atoms with Crippen LogP contribution in [0.3, 0.4) is 0 Å². The highest BCUT2D eigenvalue weighted by Crippen LogP contribution is 2.36. The minimum Gasteiger partial charge on any atom is -0.495 e. The molecule has 9 nitrogen and oxygen atoms in total. The van der Waals surface area contributed by atoms with E-state index in [-0.39, 0.29) is 27.0 Å². The molecule has 190 valence electrons. The second-order valence-corrected chi connectivity index (χ2v) is 10.3. The van der Waals surface area contributed by atoms with Crippen LogP contribution in [0.2, 0.25) is 5.02 Å². The van der Waals surface area contributed by atoms with Gasteiger partial charge in [-0.2, -0.15) is 0 Å². The number of carbonyl (C=O) groups is 1. The number of para-hydroxylation sites is 1. The Morgan fingerprint density at radius 2 is 1.83 bits per heavy atom. The van der Waals surface area contributed by atoms with Crippen LogP contribution in [-0.2, 0) is 21.2 Å². The third kappa shape index (κ3) is 5.60. The molecule has 0 heterocycles. The van der Waals surface area contributed by atoms with Gasteiger partial charge < -0.3 is 10.1 Å². The predicted octanol–water partition coefficient (Wildman–Crippen LogP) is 5.27. The van der Waals surface area contributed by atoms with Crippen LogP contribution < -0.4 is 14.4 Å². The van der Waals surface area contributed by atoms with Crippen molar-refractivity contribution < 1.29 is 22.9 Å². The Labute approximate surface area is 214 Å². The highest BCUT2D eigenvalue weighted by atomic mass is 35.5. The molecular weight excluding hydrogens is 506 g/mol. The number of hydrogen-bond donors (Lipinski definition) is 1. The molecular formula is C25H26ClN3O6S. The minimum absolute atomic E-state index is 0.0175. The number of benzene rings is 3. The molecule has 0 unspecified atom stereocenters. The standard InChI is InChI=1S/C25H26ClN3O6S/c1-5-18-8-6-7-17(3)25(18)27-24(30)15-28(22-13-19(26)10-12-23(22)35-4)36(33,34)20-11-9-16(2)21(14-20)29(31)32/h6-14H,5,15H2,1-4H3,(H,27,30). The molecule has 0 spiro atoms. The van der Waals surface area contributed by atoms with Crippen molar-refractivity contribution in [2.45, 2.75) is 32.1 Å². The third-order valence-corrected chi connectivity index (χ3v) is 7.66. The molecule has 3 aromatic carbocycles. The summed E-state index contributed by atoms with van der Waals surface area (Å²) in [7, 11) is -3.10. The van der Waals surface area contributed by atoms with E-state index >= 15 is 0 Å². The first kappa shape index (κ1) is 27.0. The Kier molecular flexibility index (Phi) is 8.21. The maximum absolute atomic E-state index is 13.8. The van der Waals surface area contributed by atoms with Gasteiger partial charge in [0.1, 0.15) is 12.3 Å². The van der Waals surface area contributed by atoms with E-state index in [2.05, 4.69) is 5.32 Å². The quantitative estimate of drug-likeness (QED) is 0.297. The Bertz CT molecular complexity index is 1430. The van der Waals surface area contributed by atoms with E-state index in [4.69, 9.17) is 16.3 Å². The molecule has 11 heteroatoms. The van der Waals surface area contributed by atoms with Crippen molar-refractivity contribution in [1.29, 1.82) is 0 Å². The van der Waals surface area contributed by atoms with E-state index in [1.807, 2.05) is 32.0 Å². The fourth-order valence-electron chi connectivity index (χ4n) is 3.74. The number of methoxy groups -OCH3 is 1. The smallest absolute Gasteiger partial charge is 0.273 e. The third-order valence-electron chi connectivity index (χ3n) is 5.67. The Morgan fingerprint density at radius 3 is 2.47 bits per heavy atom. The molecule has 1 amide bonds. The Morgan fingerprint density at radius 1 is 1.11 bits per heavy atom. The largest absolute Gasteiger partial charge is 0.495 e. The predicted molar refractivity (Wildman–Crippen MR) is 140 cm³/mol. The number of amides is 1. The molecule has 1 N–H and O–H groups in total. The van der Waals surface area contributed by atoms with Crippen LogP contribution in [0.1, 0.15) is 23.6 Å². The number of anilines is 2. The van der Waals surface area contributed by atoms with Crippen LogP contribution in [0.15, 0.2) is 59.5 Å². The lowest BCUT2D eigenvalue weighted by Crippen LogP contribution is -2.38. The van der Waals surface area contributed by atoms with E-state index in [1.165, 1.54) is 44.4 Å². The molecule has 0 fully saturated rings. The molecule has 36 heavy (non-hydrogen) atoms. The number of sulfonamides is 1. The number of rotatable bonds is 9. The SMILES string of the molecule is CCc1cccc(C)c1NC(=O)CN(c1cc(Cl)ccc1OC)S(=O)(=O)c1ccc(C)c([N+](=O)[O-])c1. The number of nitrogens with one attached hydrogen (secondary N) is 1. The first-order valence-corrected chi connectivity index (χ1v) is 12.8. The lowest BCUT2D eigenvalue weighted by atomic mass is 10.1. The summed E-state index contributed by atoms with van der Waals surface area (Å²) in [6, 6.07) is 13.5. The summed E-state index contributed by atoms with van der Waals surface area (Å²) in [5.74, 6) is -0.450. The number of nitro benzene ring substituents is 1. The van der Waals surface area contributed by atoms with Crippen LogP contribution in [0.5, 0.6) is 5.75 Å². The van der Waals surface area contributed by atoms with Crippen LogP contribution >= 0.6 is 11.6 Å². The van der Waals surface area contributed by atoms with Gasteiger partial charge in [0, 0.05) is 22.3 Å². The van der Waals surface area contributed by atoms with E-state index < -0.39 is 27.4 Å². The maximum Gasteiger partial charge on any atom is 0.273 e. The van der Waals surface area contributed by atoms with Crippen molar-refractivity contribution in [3.05, 3.63) is 86.4 Å². The van der Waals surface area contributed by atoms with Gasteiger partial charge in [0.05, 0.1) is 22.6 Å². The van der Waals surface area contributed by atoms with Crippen LogP contribution in [0.4, 0.5) is 17.1 Å². The van der Waals surface area contributed by atoms with Crippen molar-refractivity contribution in [1.82, 2.24) is 0 Å². The summed E-state index contributed by atoms with van der Waals surface area (Å²) >= 11 is 6.16. The molecule has 0 aliphatic heterocycles. The maximum atomic E-state index is 13.8. The Balaban J connectivity index is 2.12. The van der Waals surface area contributed by atoms with Gasteiger partial charge in [-0.25, -0.2) is 8.42 Å². The van der Waals surface area contributed by atoms with Crippen molar-refractivity contribution in [2.75, 3.05) is 23.3 Å². The molecule has 3 rings (SSSR count). The van der Waals surface area contributed by atoms with Crippen molar-refractivity contribution in [2.24, 2.45) is 0 Å². The van der Waals surface area contributed by atoms with Crippen molar-refractivity contribution in [3.8, 4) is 5.75 Å². The molecule has 0 atom stereocenters. The summed E-state index contributed by atoms with van der Waals surface area (Å²) in [5, 5.41) is 14.5. The van der Waals surface area contributed by atoms with Gasteiger partial charge in [0.2, 0.25) is 5.91 Å². The molecule has 0 radical (unpaired) electrons. The molecule has 3 aromatic rings. The fraction of sp³-hybridized carbons (Fsp3) is 0.240. The highest BCUT2D eigenvalue weighted by molar-refractivity contribution is 7.92. The van der Waals surface area contributed by atoms with Crippen LogP contribution in [0.25, 0.3) is 0 Å². The summed E-state index contributed by atoms with van der Waals surface area (Å²) in [4.78, 5) is 23.7. The Hall–Kier alpha value is -3.63. The number of carbonyl (C=O) groups excluding carboxylic acids is 1. The second kappa shape index (κ2) is 11.0. The minimum atomic E-state index is -4.46. The fourth-order valence-corrected chi connectivity index (χ4v) is 5.35. The molecule has 0 bridgehead atoms. The van der Waals surface area contributed by atoms with Crippen LogP contribution in [0, 0.1) is 24.0 Å². The van der Waals surface area contributed by atoms with Gasteiger partial charge in [0.25, 0.3) is 15.7 Å². The number of ether oxygens (including phenoxy) is 1. The lowest BCUT2D eigenvalue weighted by Gasteiger charge is -2.26.